The predicted octanol–water partition coefficient (Wildman–Crippen LogP) is -2.06. The third-order valence-corrected chi connectivity index (χ3v) is 7.96. The van der Waals surface area contributed by atoms with Gasteiger partial charge in [-0.05, 0) is 0 Å². The summed E-state index contributed by atoms with van der Waals surface area (Å²) >= 11 is 1.18. The Balaban J connectivity index is 0.000000882. The molecule has 0 saturated heterocycles. The first-order chi connectivity index (χ1) is 9.84. The van der Waals surface area contributed by atoms with Crippen molar-refractivity contribution in [2.45, 2.75) is 12.3 Å². The van der Waals surface area contributed by atoms with Crippen molar-refractivity contribution in [3.05, 3.63) is 74.5 Å². The third-order valence-electron chi connectivity index (χ3n) is 4.13. The zero-order valence-corrected chi connectivity index (χ0v) is 17.9. The molecule has 5 heteroatoms. The van der Waals surface area contributed by atoms with E-state index in [-0.39, 0.29) is 24.8 Å². The van der Waals surface area contributed by atoms with Gasteiger partial charge in [-0.2, -0.15) is 0 Å². The van der Waals surface area contributed by atoms with Gasteiger partial charge in [0.05, 0.1) is 0 Å². The van der Waals surface area contributed by atoms with E-state index in [9.17, 15) is 0 Å². The Morgan fingerprint density at radius 3 is 2.68 bits per heavy atom. The number of rotatable bonds is 2. The quantitative estimate of drug-likeness (QED) is 0.355. The monoisotopic (exact) mass is 514 g/mol. The van der Waals surface area contributed by atoms with E-state index < -0.39 is 7.55 Å². The van der Waals surface area contributed by atoms with Crippen molar-refractivity contribution in [3.8, 4) is 0 Å². The summed E-state index contributed by atoms with van der Waals surface area (Å²) in [4.78, 5) is 0. The molecule has 0 radical (unpaired) electrons. The van der Waals surface area contributed by atoms with Crippen LogP contribution in [0.5, 0.6) is 0 Å². The minimum atomic E-state index is -0.671. The fourth-order valence-corrected chi connectivity index (χ4v) is 6.34. The van der Waals surface area contributed by atoms with E-state index in [2.05, 4.69) is 65.7 Å². The number of nitrogens with one attached hydrogen (secondary N) is 1. The zero-order valence-electron chi connectivity index (χ0n) is 11.8. The van der Waals surface area contributed by atoms with E-state index in [1.54, 1.807) is 14.2 Å². The molecule has 0 bridgehead atoms. The number of hydrogen-bond donors (Lipinski definition) is 1. The number of fused-ring (bicyclic) bond motifs is 1. The summed E-state index contributed by atoms with van der Waals surface area (Å²) in [7, 11) is -0.671. The van der Waals surface area contributed by atoms with Gasteiger partial charge in [0.2, 0.25) is 0 Å². The molecule has 0 amide bonds. The molecule has 111 valence electrons. The van der Waals surface area contributed by atoms with Crippen molar-refractivity contribution in [2.24, 2.45) is 0 Å². The Morgan fingerprint density at radius 2 is 2.00 bits per heavy atom. The summed E-state index contributed by atoms with van der Waals surface area (Å²) in [6.07, 6.45) is 10.5. The predicted molar refractivity (Wildman–Crippen MR) is 84.6 cm³/mol. The van der Waals surface area contributed by atoms with Crippen LogP contribution in [0, 0.1) is 0 Å². The van der Waals surface area contributed by atoms with Gasteiger partial charge in [0, 0.05) is 0 Å². The van der Waals surface area contributed by atoms with Crippen molar-refractivity contribution >= 4 is 18.8 Å². The molecule has 0 saturated carbocycles. The molecule has 4 rings (SSSR count). The first-order valence-electron chi connectivity index (χ1n) is 6.90. The maximum atomic E-state index is 3.25. The second kappa shape index (κ2) is 7.53. The van der Waals surface area contributed by atoms with Crippen LogP contribution in [-0.2, 0) is 24.4 Å². The van der Waals surface area contributed by atoms with Gasteiger partial charge in [-0.15, -0.1) is 0 Å². The van der Waals surface area contributed by atoms with Gasteiger partial charge in [0.15, 0.2) is 0 Å². The van der Waals surface area contributed by atoms with E-state index in [0.717, 1.165) is 0 Å². The van der Waals surface area contributed by atoms with E-state index in [4.69, 9.17) is 0 Å². The summed E-state index contributed by atoms with van der Waals surface area (Å²) in [6, 6.07) is 8.96. The second-order valence-corrected chi connectivity index (χ2v) is 9.53. The number of benzene rings is 1. The van der Waals surface area contributed by atoms with E-state index in [1.807, 2.05) is 0 Å². The fourth-order valence-electron chi connectivity index (χ4n) is 3.17. The van der Waals surface area contributed by atoms with Gasteiger partial charge in [0.25, 0.3) is 0 Å². The third kappa shape index (κ3) is 3.04. The SMILES string of the molecule is [Cl-].[Cl-].[Hf+2][C]1=C(C2C=C([PH]3=CNC=C3)c3ccccc32)C=CC1. The topological polar surface area (TPSA) is 12.0 Å². The van der Waals surface area contributed by atoms with Crippen LogP contribution in [-0.4, -0.2) is 5.92 Å². The Morgan fingerprint density at radius 1 is 1.18 bits per heavy atom. The molecular formula is C17H15Cl2HfNP. The number of halogens is 2. The molecule has 1 N–H and O–H groups in total. The first kappa shape index (κ1) is 18.1. The Kier molecular flexibility index (Phi) is 6.19. The first-order valence-corrected chi connectivity index (χ1v) is 10.3. The molecule has 2 aliphatic carbocycles. The molecule has 3 aliphatic rings. The number of hydrogen-bond acceptors (Lipinski definition) is 1. The molecule has 0 aromatic heterocycles. The van der Waals surface area contributed by atoms with Crippen LogP contribution in [0.4, 0.5) is 0 Å². The normalized spacial score (nSPS) is 24.2. The van der Waals surface area contributed by atoms with Crippen LogP contribution in [0.2, 0.25) is 0 Å². The molecule has 1 heterocycles. The molecule has 1 nitrogen and oxygen atoms in total. The van der Waals surface area contributed by atoms with Crippen LogP contribution < -0.4 is 30.1 Å². The zero-order chi connectivity index (χ0) is 13.5. The van der Waals surface area contributed by atoms with Crippen LogP contribution >= 0.6 is 7.55 Å². The van der Waals surface area contributed by atoms with Gasteiger partial charge >= 0.3 is 135 Å². The molecule has 2 unspecified atom stereocenters. The Labute approximate surface area is 159 Å². The molecule has 2 atom stereocenters. The Hall–Kier alpha value is -0.270. The van der Waals surface area contributed by atoms with Gasteiger partial charge in [-0.25, -0.2) is 0 Å². The average molecular weight is 514 g/mol. The van der Waals surface area contributed by atoms with Gasteiger partial charge in [0.1, 0.15) is 0 Å². The maximum absolute atomic E-state index is 3.25. The van der Waals surface area contributed by atoms with Gasteiger partial charge in [-0.1, -0.05) is 0 Å². The summed E-state index contributed by atoms with van der Waals surface area (Å²) in [6.45, 7) is 0. The summed E-state index contributed by atoms with van der Waals surface area (Å²) in [5.41, 5.74) is 4.54. The van der Waals surface area contributed by atoms with Gasteiger partial charge < -0.3 is 24.8 Å². The molecule has 0 spiro atoms. The molecular weight excluding hydrogens is 499 g/mol. The number of allylic oxidation sites excluding steroid dienone is 5. The van der Waals surface area contributed by atoms with Crippen LogP contribution in [0.1, 0.15) is 23.5 Å². The van der Waals surface area contributed by atoms with E-state index in [0.29, 0.717) is 5.92 Å². The van der Waals surface area contributed by atoms with Gasteiger partial charge in [-0.3, -0.25) is 0 Å². The minimum absolute atomic E-state index is 0. The van der Waals surface area contributed by atoms with Crippen molar-refractivity contribution in [1.82, 2.24) is 5.32 Å². The van der Waals surface area contributed by atoms with Crippen molar-refractivity contribution in [3.63, 3.8) is 0 Å². The fraction of sp³-hybridized carbons (Fsp3) is 0.118. The Bertz CT molecular complexity index is 747. The molecule has 22 heavy (non-hydrogen) atoms. The van der Waals surface area contributed by atoms with Crippen LogP contribution in [0.25, 0.3) is 5.31 Å². The van der Waals surface area contributed by atoms with Crippen molar-refractivity contribution < 1.29 is 49.2 Å². The van der Waals surface area contributed by atoms with Crippen molar-refractivity contribution in [1.29, 1.82) is 0 Å². The molecule has 1 aromatic rings. The molecule has 1 aromatic carbocycles. The van der Waals surface area contributed by atoms with Crippen molar-refractivity contribution in [2.75, 3.05) is 0 Å². The van der Waals surface area contributed by atoms with E-state index in [1.165, 1.54) is 41.9 Å². The summed E-state index contributed by atoms with van der Waals surface area (Å²) in [5.74, 6) is 5.11. The molecule has 0 fully saturated rings. The summed E-state index contributed by atoms with van der Waals surface area (Å²) < 4.78 is 1.66. The van der Waals surface area contributed by atoms with Crippen LogP contribution in [0.3, 0.4) is 0 Å². The standard InChI is InChI=1S/C17H15NP.2ClH.Hf/c1-2-6-13(5-1)16-11-17(19-10-9-18-12-19)15-8-4-3-7-14(15)16;;;/h1,3-5,7-12,16,18-19H,2H2;2*1H;/q;;;+2/p-2. The summed E-state index contributed by atoms with van der Waals surface area (Å²) in [5, 5.41) is 4.81. The second-order valence-electron chi connectivity index (χ2n) is 5.29. The van der Waals surface area contributed by atoms with E-state index >= 15 is 0 Å². The molecule has 1 aliphatic heterocycles. The van der Waals surface area contributed by atoms with Crippen LogP contribution in [0.15, 0.2) is 63.4 Å². The average Bonchev–Trinajstić information content (AvgIpc) is 3.17.